The Morgan fingerprint density at radius 3 is 2.68 bits per heavy atom. The second-order valence-electron chi connectivity index (χ2n) is 6.21. The molecule has 1 aliphatic heterocycles. The van der Waals surface area contributed by atoms with Gasteiger partial charge >= 0.3 is 5.97 Å². The van der Waals surface area contributed by atoms with Gasteiger partial charge in [-0.3, -0.25) is 0 Å². The van der Waals surface area contributed by atoms with Gasteiger partial charge < -0.3 is 19.5 Å². The molecule has 132 valence electrons. The number of hydrogen-bond acceptors (Lipinski definition) is 5. The van der Waals surface area contributed by atoms with Crippen LogP contribution in [0.15, 0.2) is 36.4 Å². The monoisotopic (exact) mass is 341 g/mol. The van der Waals surface area contributed by atoms with Crippen molar-refractivity contribution in [1.82, 2.24) is 5.32 Å². The van der Waals surface area contributed by atoms with Crippen LogP contribution in [0.25, 0.3) is 0 Å². The molecule has 0 fully saturated rings. The van der Waals surface area contributed by atoms with Gasteiger partial charge in [0.25, 0.3) is 0 Å². The quantitative estimate of drug-likeness (QED) is 0.818. The lowest BCUT2D eigenvalue weighted by Gasteiger charge is -2.15. The Morgan fingerprint density at radius 1 is 1.24 bits per heavy atom. The van der Waals surface area contributed by atoms with Gasteiger partial charge in [0, 0.05) is 12.1 Å². The summed E-state index contributed by atoms with van der Waals surface area (Å²) < 4.78 is 15.9. The predicted octanol–water partition coefficient (Wildman–Crippen LogP) is 3.08. The summed E-state index contributed by atoms with van der Waals surface area (Å²) in [6.07, 6.45) is 0. The third-order valence-corrected chi connectivity index (χ3v) is 4.33. The number of nitrogens with one attached hydrogen (secondary N) is 1. The van der Waals surface area contributed by atoms with E-state index in [4.69, 9.17) is 9.47 Å². The number of methoxy groups -OCH3 is 1. The van der Waals surface area contributed by atoms with Crippen molar-refractivity contribution < 1.29 is 19.0 Å². The third-order valence-electron chi connectivity index (χ3n) is 4.33. The molecule has 0 aliphatic carbocycles. The molecule has 0 radical (unpaired) electrons. The molecule has 2 aromatic carbocycles. The van der Waals surface area contributed by atoms with Gasteiger partial charge in [0.1, 0.15) is 18.1 Å². The van der Waals surface area contributed by atoms with Crippen LogP contribution in [0.1, 0.15) is 28.3 Å². The number of esters is 1. The highest BCUT2D eigenvalue weighted by Crippen LogP contribution is 2.32. The second kappa shape index (κ2) is 7.57. The summed E-state index contributed by atoms with van der Waals surface area (Å²) in [5.74, 6) is 1.31. The Balaban J connectivity index is 1.65. The SMILES string of the molecule is COC(=O)COc1c(C)cc(CNC2COc3ccccc32)cc1C. The molecule has 5 heteroatoms. The lowest BCUT2D eigenvalue weighted by Crippen LogP contribution is -2.22. The normalized spacial score (nSPS) is 15.4. The molecule has 0 bridgehead atoms. The fraction of sp³-hybridized carbons (Fsp3) is 0.350. The Labute approximate surface area is 147 Å². The molecule has 1 aliphatic rings. The fourth-order valence-electron chi connectivity index (χ4n) is 3.13. The molecule has 1 heterocycles. The van der Waals surface area contributed by atoms with Crippen LogP contribution in [-0.4, -0.2) is 26.3 Å². The average Bonchev–Trinajstić information content (AvgIpc) is 3.02. The predicted molar refractivity (Wildman–Crippen MR) is 94.9 cm³/mol. The van der Waals surface area contributed by atoms with Crippen molar-refractivity contribution in [3.63, 3.8) is 0 Å². The van der Waals surface area contributed by atoms with E-state index in [2.05, 4.69) is 28.3 Å². The highest BCUT2D eigenvalue weighted by atomic mass is 16.6. The molecule has 0 spiro atoms. The van der Waals surface area contributed by atoms with Crippen molar-refractivity contribution in [3.05, 3.63) is 58.7 Å². The van der Waals surface area contributed by atoms with Crippen LogP contribution in [-0.2, 0) is 16.1 Å². The van der Waals surface area contributed by atoms with Crippen LogP contribution in [0.4, 0.5) is 0 Å². The Hall–Kier alpha value is -2.53. The maximum Gasteiger partial charge on any atom is 0.343 e. The van der Waals surface area contributed by atoms with Crippen molar-refractivity contribution in [1.29, 1.82) is 0 Å². The summed E-state index contributed by atoms with van der Waals surface area (Å²) in [5, 5.41) is 3.55. The molecule has 0 saturated carbocycles. The summed E-state index contributed by atoms with van der Waals surface area (Å²) in [6.45, 7) is 5.28. The van der Waals surface area contributed by atoms with E-state index >= 15 is 0 Å². The van der Waals surface area contributed by atoms with E-state index in [0.717, 1.165) is 29.2 Å². The number of carbonyl (C=O) groups is 1. The first-order chi connectivity index (χ1) is 12.1. The third kappa shape index (κ3) is 3.94. The summed E-state index contributed by atoms with van der Waals surface area (Å²) in [7, 11) is 1.35. The topological polar surface area (TPSA) is 56.8 Å². The molecular weight excluding hydrogens is 318 g/mol. The first kappa shape index (κ1) is 17.3. The van der Waals surface area contributed by atoms with Crippen LogP contribution in [0.2, 0.25) is 0 Å². The van der Waals surface area contributed by atoms with Gasteiger partial charge in [0.15, 0.2) is 6.61 Å². The van der Waals surface area contributed by atoms with Gasteiger partial charge in [-0.15, -0.1) is 0 Å². The number of carbonyl (C=O) groups excluding carboxylic acids is 1. The summed E-state index contributed by atoms with van der Waals surface area (Å²) in [6, 6.07) is 12.5. The molecular formula is C20H23NO4. The van der Waals surface area contributed by atoms with Crippen molar-refractivity contribution in [2.24, 2.45) is 0 Å². The van der Waals surface area contributed by atoms with Crippen LogP contribution in [0.3, 0.4) is 0 Å². The fourth-order valence-corrected chi connectivity index (χ4v) is 3.13. The molecule has 1 N–H and O–H groups in total. The Morgan fingerprint density at radius 2 is 1.96 bits per heavy atom. The van der Waals surface area contributed by atoms with Gasteiger partial charge in [-0.25, -0.2) is 4.79 Å². The number of benzene rings is 2. The molecule has 25 heavy (non-hydrogen) atoms. The molecule has 5 nitrogen and oxygen atoms in total. The van der Waals surface area contributed by atoms with Gasteiger partial charge in [0.2, 0.25) is 0 Å². The molecule has 0 saturated heterocycles. The summed E-state index contributed by atoms with van der Waals surface area (Å²) in [5.41, 5.74) is 4.38. The van der Waals surface area contributed by atoms with Crippen molar-refractivity contribution >= 4 is 5.97 Å². The highest BCUT2D eigenvalue weighted by molar-refractivity contribution is 5.71. The second-order valence-corrected chi connectivity index (χ2v) is 6.21. The van der Waals surface area contributed by atoms with Crippen LogP contribution >= 0.6 is 0 Å². The van der Waals surface area contributed by atoms with E-state index in [1.165, 1.54) is 18.2 Å². The molecule has 1 atom stereocenters. The van der Waals surface area contributed by atoms with Crippen molar-refractivity contribution in [2.45, 2.75) is 26.4 Å². The zero-order chi connectivity index (χ0) is 17.8. The van der Waals surface area contributed by atoms with Crippen molar-refractivity contribution in [3.8, 4) is 11.5 Å². The molecule has 0 aromatic heterocycles. The average molecular weight is 341 g/mol. The maximum absolute atomic E-state index is 11.3. The van der Waals surface area contributed by atoms with Crippen LogP contribution in [0, 0.1) is 13.8 Å². The minimum atomic E-state index is -0.385. The first-order valence-electron chi connectivity index (χ1n) is 8.33. The van der Waals surface area contributed by atoms with E-state index in [9.17, 15) is 4.79 Å². The van der Waals surface area contributed by atoms with Gasteiger partial charge in [-0.1, -0.05) is 30.3 Å². The zero-order valence-corrected chi connectivity index (χ0v) is 14.8. The molecule has 3 rings (SSSR count). The first-order valence-corrected chi connectivity index (χ1v) is 8.33. The number of fused-ring (bicyclic) bond motifs is 1. The number of rotatable bonds is 6. The van der Waals surface area contributed by atoms with E-state index < -0.39 is 0 Å². The zero-order valence-electron chi connectivity index (χ0n) is 14.8. The lowest BCUT2D eigenvalue weighted by atomic mass is 10.0. The summed E-state index contributed by atoms with van der Waals surface area (Å²) >= 11 is 0. The largest absolute Gasteiger partial charge is 0.491 e. The minimum absolute atomic E-state index is 0.0774. The standard InChI is InChI=1S/C20H23NO4/c1-13-8-15(9-14(2)20(13)25-12-19(22)23-3)10-21-17-11-24-18-7-5-4-6-16(17)18/h4-9,17,21H,10-12H2,1-3H3. The molecule has 2 aromatic rings. The number of ether oxygens (including phenoxy) is 3. The van der Waals surface area contributed by atoms with E-state index in [0.29, 0.717) is 6.61 Å². The summed E-state index contributed by atoms with van der Waals surface area (Å²) in [4.78, 5) is 11.3. The van der Waals surface area contributed by atoms with Gasteiger partial charge in [-0.05, 0) is 36.6 Å². The van der Waals surface area contributed by atoms with Crippen LogP contribution < -0.4 is 14.8 Å². The van der Waals surface area contributed by atoms with Gasteiger partial charge in [0.05, 0.1) is 13.2 Å². The van der Waals surface area contributed by atoms with Crippen molar-refractivity contribution in [2.75, 3.05) is 20.3 Å². The maximum atomic E-state index is 11.3. The lowest BCUT2D eigenvalue weighted by molar-refractivity contribution is -0.142. The highest BCUT2D eigenvalue weighted by Gasteiger charge is 2.22. The number of hydrogen-bond donors (Lipinski definition) is 1. The molecule has 0 amide bonds. The minimum Gasteiger partial charge on any atom is -0.491 e. The van der Waals surface area contributed by atoms with E-state index in [-0.39, 0.29) is 18.6 Å². The van der Waals surface area contributed by atoms with E-state index in [1.807, 2.05) is 32.0 Å². The Bertz CT molecular complexity index is 749. The van der Waals surface area contributed by atoms with E-state index in [1.54, 1.807) is 0 Å². The number of para-hydroxylation sites is 1. The van der Waals surface area contributed by atoms with Gasteiger partial charge in [-0.2, -0.15) is 0 Å². The van der Waals surface area contributed by atoms with Crippen LogP contribution in [0.5, 0.6) is 11.5 Å². The Kier molecular flexibility index (Phi) is 5.24. The number of aryl methyl sites for hydroxylation is 2. The smallest absolute Gasteiger partial charge is 0.343 e. The molecule has 1 unspecified atom stereocenters.